The number of halogens is 3. The molecule has 0 saturated heterocycles. The molecule has 1 rings (SSSR count). The van der Waals surface area contributed by atoms with E-state index in [1.807, 2.05) is 0 Å². The number of rotatable bonds is 5. The molecule has 2 nitrogen and oxygen atoms in total. The van der Waals surface area contributed by atoms with Crippen LogP contribution in [0.15, 0.2) is 11.8 Å². The second-order valence-corrected chi connectivity index (χ2v) is 11.3. The standard InChI is InChI=1S/C14H25F3O2S2/c1-13(2,3)21(4,5)18-10-11-6-8-12(9-7-11)19-20-14(15,16)17/h8,11H,6-7,9-10H2,1-5H3. The number of allylic oxidation sites excluding steroid dienone is 2. The summed E-state index contributed by atoms with van der Waals surface area (Å²) in [6, 6.07) is 0. The van der Waals surface area contributed by atoms with Gasteiger partial charge in [-0.1, -0.05) is 20.8 Å². The largest absolute Gasteiger partial charge is 0.479 e. The maximum absolute atomic E-state index is 12.0. The van der Waals surface area contributed by atoms with Gasteiger partial charge >= 0.3 is 5.51 Å². The fourth-order valence-corrected chi connectivity index (χ4v) is 2.87. The second-order valence-electron chi connectivity index (χ2n) is 6.55. The first-order valence-corrected chi connectivity index (χ1v) is 10.0. The van der Waals surface area contributed by atoms with Crippen molar-refractivity contribution in [1.82, 2.24) is 0 Å². The highest BCUT2D eigenvalue weighted by molar-refractivity contribution is 8.29. The Labute approximate surface area is 131 Å². The molecule has 0 aromatic rings. The maximum atomic E-state index is 12.0. The van der Waals surface area contributed by atoms with Gasteiger partial charge in [-0.15, -0.1) is 10.3 Å². The fourth-order valence-electron chi connectivity index (χ4n) is 1.64. The van der Waals surface area contributed by atoms with Crippen LogP contribution in [0, 0.1) is 5.92 Å². The highest BCUT2D eigenvalue weighted by Gasteiger charge is 2.33. The monoisotopic (exact) mass is 346 g/mol. The summed E-state index contributed by atoms with van der Waals surface area (Å²) in [5.41, 5.74) is -4.35. The van der Waals surface area contributed by atoms with E-state index in [9.17, 15) is 13.2 Å². The predicted octanol–water partition coefficient (Wildman–Crippen LogP) is 5.65. The SMILES string of the molecule is CC(C)(C)S(C)(C)OCC1CC=C(OSC(F)(F)F)CC1. The summed E-state index contributed by atoms with van der Waals surface area (Å²) in [7, 11) is -1.15. The van der Waals surface area contributed by atoms with Gasteiger partial charge in [0.05, 0.1) is 6.61 Å². The highest BCUT2D eigenvalue weighted by Crippen LogP contribution is 2.54. The summed E-state index contributed by atoms with van der Waals surface area (Å²) in [5, 5.41) is 0. The van der Waals surface area contributed by atoms with Crippen LogP contribution in [0.3, 0.4) is 0 Å². The normalized spacial score (nSPS) is 21.9. The van der Waals surface area contributed by atoms with Gasteiger partial charge in [-0.2, -0.15) is 13.2 Å². The zero-order chi connectivity index (χ0) is 16.3. The van der Waals surface area contributed by atoms with Crippen LogP contribution in [0.1, 0.15) is 40.0 Å². The molecular weight excluding hydrogens is 321 g/mol. The van der Waals surface area contributed by atoms with Crippen molar-refractivity contribution >= 4 is 22.4 Å². The number of hydrogen-bond donors (Lipinski definition) is 0. The molecule has 1 aliphatic rings. The molecule has 0 bridgehead atoms. The van der Waals surface area contributed by atoms with E-state index in [4.69, 9.17) is 8.37 Å². The fraction of sp³-hybridized carbons (Fsp3) is 0.857. The van der Waals surface area contributed by atoms with Crippen molar-refractivity contribution in [2.45, 2.75) is 50.3 Å². The number of alkyl halides is 3. The average molecular weight is 346 g/mol. The van der Waals surface area contributed by atoms with Gasteiger partial charge in [0.2, 0.25) is 0 Å². The molecule has 0 radical (unpaired) electrons. The third-order valence-electron chi connectivity index (χ3n) is 3.79. The van der Waals surface area contributed by atoms with Gasteiger partial charge in [0, 0.05) is 11.2 Å². The van der Waals surface area contributed by atoms with E-state index in [1.165, 1.54) is 0 Å². The van der Waals surface area contributed by atoms with E-state index in [2.05, 4.69) is 33.3 Å². The molecule has 0 spiro atoms. The van der Waals surface area contributed by atoms with Gasteiger partial charge in [0.15, 0.2) is 12.0 Å². The third kappa shape index (κ3) is 6.74. The molecule has 1 unspecified atom stereocenters. The molecule has 0 aromatic heterocycles. The van der Waals surface area contributed by atoms with Crippen molar-refractivity contribution in [1.29, 1.82) is 0 Å². The van der Waals surface area contributed by atoms with Crippen molar-refractivity contribution in [3.8, 4) is 0 Å². The third-order valence-corrected chi connectivity index (χ3v) is 7.96. The Morgan fingerprint density at radius 1 is 1.29 bits per heavy atom. The maximum Gasteiger partial charge on any atom is 0.479 e. The predicted molar refractivity (Wildman–Crippen MR) is 85.3 cm³/mol. The van der Waals surface area contributed by atoms with Crippen LogP contribution in [0.4, 0.5) is 13.2 Å². The lowest BCUT2D eigenvalue weighted by Gasteiger charge is -2.44. The van der Waals surface area contributed by atoms with Crippen molar-refractivity contribution in [2.75, 3.05) is 19.1 Å². The Balaban J connectivity index is 2.38. The Morgan fingerprint density at radius 3 is 2.33 bits per heavy atom. The summed E-state index contributed by atoms with van der Waals surface area (Å²) in [6.07, 6.45) is 8.13. The van der Waals surface area contributed by atoms with E-state index < -0.39 is 27.9 Å². The molecule has 126 valence electrons. The van der Waals surface area contributed by atoms with Crippen molar-refractivity contribution in [3.05, 3.63) is 11.8 Å². The minimum absolute atomic E-state index is 0.120. The molecule has 0 heterocycles. The van der Waals surface area contributed by atoms with Crippen LogP contribution >= 0.6 is 22.4 Å². The highest BCUT2D eigenvalue weighted by atomic mass is 32.3. The van der Waals surface area contributed by atoms with Gasteiger partial charge < -0.3 is 8.37 Å². The summed E-state index contributed by atoms with van der Waals surface area (Å²) >= 11 is -0.433. The van der Waals surface area contributed by atoms with Crippen LogP contribution in [0.2, 0.25) is 0 Å². The average Bonchev–Trinajstić information content (AvgIpc) is 2.33. The van der Waals surface area contributed by atoms with Crippen LogP contribution in [-0.4, -0.2) is 29.4 Å². The molecular formula is C14H25F3O2S2. The first kappa shape index (κ1) is 19.0. The van der Waals surface area contributed by atoms with E-state index in [0.717, 1.165) is 6.42 Å². The summed E-state index contributed by atoms with van der Waals surface area (Å²) in [5.74, 6) is 0.790. The Hall–Kier alpha value is -0.0100. The quantitative estimate of drug-likeness (QED) is 0.599. The Kier molecular flexibility index (Phi) is 6.39. The molecule has 0 N–H and O–H groups in total. The van der Waals surface area contributed by atoms with Gasteiger partial charge in [-0.25, -0.2) is 0 Å². The number of hydrogen-bond acceptors (Lipinski definition) is 3. The summed E-state index contributed by atoms with van der Waals surface area (Å²) in [6.45, 7) is 7.17. The van der Waals surface area contributed by atoms with E-state index >= 15 is 0 Å². The molecule has 21 heavy (non-hydrogen) atoms. The molecule has 7 heteroatoms. The van der Waals surface area contributed by atoms with Gasteiger partial charge in [-0.3, -0.25) is 0 Å². The topological polar surface area (TPSA) is 18.5 Å². The lowest BCUT2D eigenvalue weighted by atomic mass is 9.94. The van der Waals surface area contributed by atoms with E-state index in [-0.39, 0.29) is 4.75 Å². The van der Waals surface area contributed by atoms with E-state index in [0.29, 0.717) is 31.1 Å². The molecule has 0 aromatic carbocycles. The molecule has 0 aliphatic heterocycles. The molecule has 0 fully saturated rings. The van der Waals surface area contributed by atoms with Crippen molar-refractivity contribution in [3.63, 3.8) is 0 Å². The zero-order valence-corrected chi connectivity index (χ0v) is 14.9. The van der Waals surface area contributed by atoms with Gasteiger partial charge in [0.1, 0.15) is 5.76 Å². The van der Waals surface area contributed by atoms with Gasteiger partial charge in [-0.05, 0) is 37.3 Å². The van der Waals surface area contributed by atoms with Crippen LogP contribution in [-0.2, 0) is 8.37 Å². The lowest BCUT2D eigenvalue weighted by molar-refractivity contribution is -0.0385. The molecule has 1 atom stereocenters. The first-order chi connectivity index (χ1) is 9.41. The van der Waals surface area contributed by atoms with Gasteiger partial charge in [0.25, 0.3) is 0 Å². The lowest BCUT2D eigenvalue weighted by Crippen LogP contribution is -2.27. The van der Waals surface area contributed by atoms with Crippen molar-refractivity contribution in [2.24, 2.45) is 5.92 Å². The Morgan fingerprint density at radius 2 is 1.90 bits per heavy atom. The summed E-state index contributed by atoms with van der Waals surface area (Å²) < 4.78 is 47.1. The van der Waals surface area contributed by atoms with Crippen molar-refractivity contribution < 1.29 is 21.5 Å². The minimum Gasteiger partial charge on any atom is -0.422 e. The molecule has 0 amide bonds. The molecule has 1 aliphatic carbocycles. The Bertz CT molecular complexity index is 373. The second kappa shape index (κ2) is 7.04. The summed E-state index contributed by atoms with van der Waals surface area (Å²) in [4.78, 5) is 0. The smallest absolute Gasteiger partial charge is 0.422 e. The minimum atomic E-state index is -4.35. The first-order valence-electron chi connectivity index (χ1n) is 6.89. The van der Waals surface area contributed by atoms with E-state index in [1.54, 1.807) is 6.08 Å². The molecule has 0 saturated carbocycles. The zero-order valence-electron chi connectivity index (χ0n) is 13.3. The van der Waals surface area contributed by atoms with Crippen LogP contribution in [0.5, 0.6) is 0 Å². The van der Waals surface area contributed by atoms with Crippen LogP contribution in [0.25, 0.3) is 0 Å². The van der Waals surface area contributed by atoms with Crippen LogP contribution < -0.4 is 0 Å².